The standard InChI is InChI=1S/C29H31F2N3O5S/c1-7-29(30,31)24-15-21(16-38-25-14-17(2)32-19(4)27(25)37-6)12-13-22(24)23-10-8-9-11-26(23)40(35,36)34-28-18(3)20(5)39-33-28/h8-15H,7,16H2,1-6H3,(H,33,34). The minimum absolute atomic E-state index is 0.0153. The first-order valence-electron chi connectivity index (χ1n) is 12.6. The molecular formula is C29H31F2N3O5S. The van der Waals surface area contributed by atoms with Crippen LogP contribution in [0.1, 0.15) is 47.2 Å². The second-order valence-corrected chi connectivity index (χ2v) is 11.1. The summed E-state index contributed by atoms with van der Waals surface area (Å²) in [6, 6.07) is 12.2. The molecule has 0 radical (unpaired) electrons. The predicted octanol–water partition coefficient (Wildman–Crippen LogP) is 6.86. The molecule has 2 aromatic heterocycles. The SMILES string of the molecule is CCC(F)(F)c1cc(COc2cc(C)nc(C)c2OC)ccc1-c1ccccc1S(=O)(=O)Nc1noc(C)c1C. The van der Waals surface area contributed by atoms with Crippen molar-refractivity contribution in [1.82, 2.24) is 10.1 Å². The molecule has 0 atom stereocenters. The van der Waals surface area contributed by atoms with E-state index in [1.165, 1.54) is 44.4 Å². The van der Waals surface area contributed by atoms with Crippen LogP contribution in [-0.2, 0) is 22.6 Å². The van der Waals surface area contributed by atoms with Gasteiger partial charge in [0, 0.05) is 34.9 Å². The van der Waals surface area contributed by atoms with Gasteiger partial charge in [0.15, 0.2) is 17.3 Å². The molecule has 0 fully saturated rings. The number of anilines is 1. The van der Waals surface area contributed by atoms with Gasteiger partial charge >= 0.3 is 0 Å². The van der Waals surface area contributed by atoms with Crippen molar-refractivity contribution in [3.05, 3.63) is 82.4 Å². The minimum atomic E-state index is -4.20. The Balaban J connectivity index is 1.76. The number of aromatic nitrogens is 2. The van der Waals surface area contributed by atoms with Crippen LogP contribution < -0.4 is 14.2 Å². The highest BCUT2D eigenvalue weighted by Gasteiger charge is 2.34. The zero-order chi connectivity index (χ0) is 29.2. The fourth-order valence-electron chi connectivity index (χ4n) is 4.33. The maximum absolute atomic E-state index is 15.4. The van der Waals surface area contributed by atoms with Crippen molar-refractivity contribution in [2.75, 3.05) is 11.8 Å². The number of hydrogen-bond donors (Lipinski definition) is 1. The maximum Gasteiger partial charge on any atom is 0.273 e. The highest BCUT2D eigenvalue weighted by molar-refractivity contribution is 7.92. The van der Waals surface area contributed by atoms with Crippen LogP contribution in [0, 0.1) is 27.7 Å². The van der Waals surface area contributed by atoms with Gasteiger partial charge in [-0.05, 0) is 51.0 Å². The van der Waals surface area contributed by atoms with Gasteiger partial charge in [0.2, 0.25) is 0 Å². The van der Waals surface area contributed by atoms with E-state index < -0.39 is 22.4 Å². The summed E-state index contributed by atoms with van der Waals surface area (Å²) >= 11 is 0. The number of aryl methyl sites for hydroxylation is 3. The van der Waals surface area contributed by atoms with Crippen LogP contribution in [0.25, 0.3) is 11.1 Å². The Hall–Kier alpha value is -3.99. The van der Waals surface area contributed by atoms with Crippen LogP contribution in [0.15, 0.2) is 57.9 Å². The van der Waals surface area contributed by atoms with E-state index in [1.54, 1.807) is 39.0 Å². The van der Waals surface area contributed by atoms with Crippen molar-refractivity contribution in [3.8, 4) is 22.6 Å². The van der Waals surface area contributed by atoms with Gasteiger partial charge in [-0.1, -0.05) is 42.4 Å². The Morgan fingerprint density at radius 2 is 1.75 bits per heavy atom. The maximum atomic E-state index is 15.4. The Kier molecular flexibility index (Phi) is 8.15. The molecule has 0 spiro atoms. The third kappa shape index (κ3) is 5.79. The first-order chi connectivity index (χ1) is 18.9. The van der Waals surface area contributed by atoms with Crippen LogP contribution in [-0.4, -0.2) is 25.7 Å². The number of hydrogen-bond acceptors (Lipinski definition) is 7. The fraction of sp³-hybridized carbons (Fsp3) is 0.310. The zero-order valence-corrected chi connectivity index (χ0v) is 23.9. The van der Waals surface area contributed by atoms with Crippen LogP contribution in [0.2, 0.25) is 0 Å². The van der Waals surface area contributed by atoms with E-state index in [0.717, 1.165) is 5.69 Å². The summed E-state index contributed by atoms with van der Waals surface area (Å²) < 4.78 is 76.4. The van der Waals surface area contributed by atoms with Crippen molar-refractivity contribution >= 4 is 15.8 Å². The summed E-state index contributed by atoms with van der Waals surface area (Å²) in [7, 11) is -2.70. The number of methoxy groups -OCH3 is 1. The molecule has 0 aliphatic heterocycles. The molecule has 0 aliphatic carbocycles. The highest BCUT2D eigenvalue weighted by atomic mass is 32.2. The summed E-state index contributed by atoms with van der Waals surface area (Å²) in [6.07, 6.45) is -0.481. The van der Waals surface area contributed by atoms with Gasteiger partial charge in [-0.25, -0.2) is 17.2 Å². The van der Waals surface area contributed by atoms with Gasteiger partial charge in [0.25, 0.3) is 15.9 Å². The van der Waals surface area contributed by atoms with E-state index in [9.17, 15) is 8.42 Å². The number of pyridine rings is 1. The lowest BCUT2D eigenvalue weighted by atomic mass is 9.92. The number of rotatable bonds is 10. The van der Waals surface area contributed by atoms with Gasteiger partial charge in [-0.3, -0.25) is 9.71 Å². The van der Waals surface area contributed by atoms with Crippen molar-refractivity contribution < 1.29 is 31.2 Å². The second kappa shape index (κ2) is 11.2. The average Bonchev–Trinajstić information content (AvgIpc) is 3.23. The highest BCUT2D eigenvalue weighted by Crippen LogP contribution is 2.41. The van der Waals surface area contributed by atoms with Gasteiger partial charge in [0.1, 0.15) is 12.4 Å². The van der Waals surface area contributed by atoms with Gasteiger partial charge in [-0.2, -0.15) is 0 Å². The number of benzene rings is 2. The van der Waals surface area contributed by atoms with E-state index in [1.807, 2.05) is 6.92 Å². The minimum Gasteiger partial charge on any atom is -0.491 e. The summed E-state index contributed by atoms with van der Waals surface area (Å²) in [5, 5.41) is 3.77. The molecule has 212 valence electrons. The van der Waals surface area contributed by atoms with E-state index in [0.29, 0.717) is 34.1 Å². The molecule has 0 saturated carbocycles. The molecule has 11 heteroatoms. The monoisotopic (exact) mass is 571 g/mol. The Bertz CT molecular complexity index is 1650. The molecule has 0 aliphatic rings. The molecule has 4 rings (SSSR count). The van der Waals surface area contributed by atoms with Crippen LogP contribution in [0.4, 0.5) is 14.6 Å². The van der Waals surface area contributed by atoms with Gasteiger partial charge < -0.3 is 14.0 Å². The second-order valence-electron chi connectivity index (χ2n) is 9.42. The molecular weight excluding hydrogens is 540 g/mol. The van der Waals surface area contributed by atoms with Crippen molar-refractivity contribution in [1.29, 1.82) is 0 Å². The molecule has 1 N–H and O–H groups in total. The van der Waals surface area contributed by atoms with E-state index >= 15 is 8.78 Å². The number of nitrogens with zero attached hydrogens (tertiary/aromatic N) is 2. The first kappa shape index (κ1) is 29.0. The lowest BCUT2D eigenvalue weighted by molar-refractivity contribution is -0.00782. The number of ether oxygens (including phenoxy) is 2. The molecule has 8 nitrogen and oxygen atoms in total. The van der Waals surface area contributed by atoms with Crippen LogP contribution in [0.5, 0.6) is 11.5 Å². The fourth-order valence-corrected chi connectivity index (χ4v) is 5.61. The molecule has 0 saturated heterocycles. The van der Waals surface area contributed by atoms with E-state index in [2.05, 4.69) is 14.9 Å². The summed E-state index contributed by atoms with van der Waals surface area (Å²) in [4.78, 5) is 4.19. The Labute approximate surface area is 232 Å². The third-order valence-electron chi connectivity index (χ3n) is 6.61. The average molecular weight is 572 g/mol. The predicted molar refractivity (Wildman–Crippen MR) is 147 cm³/mol. The molecule has 0 amide bonds. The largest absolute Gasteiger partial charge is 0.491 e. The molecule has 0 bridgehead atoms. The number of nitrogens with one attached hydrogen (secondary N) is 1. The van der Waals surface area contributed by atoms with Crippen LogP contribution >= 0.6 is 0 Å². The van der Waals surface area contributed by atoms with Crippen molar-refractivity contribution in [2.24, 2.45) is 0 Å². The summed E-state index contributed by atoms with van der Waals surface area (Å²) in [6.45, 7) is 8.29. The molecule has 2 aromatic carbocycles. The number of sulfonamides is 1. The molecule has 4 aromatic rings. The van der Waals surface area contributed by atoms with Crippen LogP contribution in [0.3, 0.4) is 0 Å². The van der Waals surface area contributed by atoms with Crippen molar-refractivity contribution in [2.45, 2.75) is 58.5 Å². The lowest BCUT2D eigenvalue weighted by Crippen LogP contribution is -2.17. The molecule has 40 heavy (non-hydrogen) atoms. The van der Waals surface area contributed by atoms with Gasteiger partial charge in [0.05, 0.1) is 17.7 Å². The summed E-state index contributed by atoms with van der Waals surface area (Å²) in [5.74, 6) is -1.83. The van der Waals surface area contributed by atoms with Crippen molar-refractivity contribution in [3.63, 3.8) is 0 Å². The normalized spacial score (nSPS) is 11.9. The zero-order valence-electron chi connectivity index (χ0n) is 23.1. The lowest BCUT2D eigenvalue weighted by Gasteiger charge is -2.22. The number of halogens is 2. The Morgan fingerprint density at radius 3 is 2.40 bits per heavy atom. The van der Waals surface area contributed by atoms with E-state index in [4.69, 9.17) is 14.0 Å². The Morgan fingerprint density at radius 1 is 1.02 bits per heavy atom. The summed E-state index contributed by atoms with van der Waals surface area (Å²) in [5.41, 5.74) is 2.30. The first-order valence-corrected chi connectivity index (χ1v) is 14.1. The molecule has 2 heterocycles. The number of alkyl halides is 2. The topological polar surface area (TPSA) is 104 Å². The molecule has 0 unspecified atom stereocenters. The smallest absolute Gasteiger partial charge is 0.273 e. The van der Waals surface area contributed by atoms with E-state index in [-0.39, 0.29) is 34.0 Å². The van der Waals surface area contributed by atoms with Gasteiger partial charge in [-0.15, -0.1) is 0 Å². The quantitative estimate of drug-likeness (QED) is 0.222. The third-order valence-corrected chi connectivity index (χ3v) is 8.01.